The Morgan fingerprint density at radius 1 is 1.41 bits per heavy atom. The van der Waals surface area contributed by atoms with Gasteiger partial charge in [0.1, 0.15) is 6.54 Å². The number of likely N-dealkylation sites (tertiary alicyclic amines) is 1. The van der Waals surface area contributed by atoms with E-state index in [0.717, 1.165) is 5.56 Å². The van der Waals surface area contributed by atoms with E-state index in [4.69, 9.17) is 11.6 Å². The van der Waals surface area contributed by atoms with Gasteiger partial charge in [0, 0.05) is 24.5 Å². The molecular formula is C14H14ClF3N2O2. The summed E-state index contributed by atoms with van der Waals surface area (Å²) in [5.74, 6) is -1.84. The van der Waals surface area contributed by atoms with Crippen LogP contribution in [0.25, 0.3) is 0 Å². The smallest absolute Gasteiger partial charge is 0.352 e. The molecule has 120 valence electrons. The van der Waals surface area contributed by atoms with Gasteiger partial charge < -0.3 is 10.2 Å². The van der Waals surface area contributed by atoms with E-state index in [1.165, 1.54) is 0 Å². The predicted octanol–water partition coefficient (Wildman–Crippen LogP) is 2.37. The summed E-state index contributed by atoms with van der Waals surface area (Å²) >= 11 is 5.82. The maximum Gasteiger partial charge on any atom is 0.406 e. The Kier molecular flexibility index (Phi) is 4.95. The lowest BCUT2D eigenvalue weighted by Gasteiger charge is -2.18. The van der Waals surface area contributed by atoms with Gasteiger partial charge in [-0.25, -0.2) is 0 Å². The largest absolute Gasteiger partial charge is 0.406 e. The first-order valence-electron chi connectivity index (χ1n) is 6.61. The molecule has 2 amide bonds. The van der Waals surface area contributed by atoms with E-state index in [1.807, 2.05) is 0 Å². The Bertz CT molecular complexity index is 577. The molecule has 1 fully saturated rings. The zero-order valence-electron chi connectivity index (χ0n) is 11.5. The van der Waals surface area contributed by atoms with Crippen LogP contribution < -0.4 is 5.32 Å². The molecule has 1 aliphatic rings. The summed E-state index contributed by atoms with van der Waals surface area (Å²) in [6.45, 7) is -1.31. The van der Waals surface area contributed by atoms with Gasteiger partial charge in [0.15, 0.2) is 0 Å². The minimum Gasteiger partial charge on any atom is -0.352 e. The van der Waals surface area contributed by atoms with Crippen molar-refractivity contribution >= 4 is 23.4 Å². The molecule has 0 spiro atoms. The lowest BCUT2D eigenvalue weighted by molar-refractivity contribution is -0.157. The van der Waals surface area contributed by atoms with Gasteiger partial charge in [-0.3, -0.25) is 9.59 Å². The van der Waals surface area contributed by atoms with Gasteiger partial charge in [0.25, 0.3) is 0 Å². The van der Waals surface area contributed by atoms with Crippen molar-refractivity contribution in [2.75, 3.05) is 13.1 Å². The normalized spacial score (nSPS) is 18.6. The third kappa shape index (κ3) is 4.62. The van der Waals surface area contributed by atoms with Crippen LogP contribution in [0.5, 0.6) is 0 Å². The Balaban J connectivity index is 1.87. The quantitative estimate of drug-likeness (QED) is 0.919. The highest BCUT2D eigenvalue weighted by Gasteiger charge is 2.40. The molecule has 2 rings (SSSR count). The van der Waals surface area contributed by atoms with Crippen molar-refractivity contribution < 1.29 is 22.8 Å². The highest BCUT2D eigenvalue weighted by atomic mass is 35.5. The Hall–Kier alpha value is -1.76. The number of halogens is 4. The number of hydrogen-bond donors (Lipinski definition) is 1. The van der Waals surface area contributed by atoms with E-state index in [-0.39, 0.29) is 19.5 Å². The van der Waals surface area contributed by atoms with Gasteiger partial charge in [0.2, 0.25) is 11.8 Å². The molecule has 4 nitrogen and oxygen atoms in total. The predicted molar refractivity (Wildman–Crippen MR) is 74.0 cm³/mol. The first-order valence-corrected chi connectivity index (χ1v) is 6.99. The molecule has 1 N–H and O–H groups in total. The number of benzene rings is 1. The van der Waals surface area contributed by atoms with E-state index in [1.54, 1.807) is 24.3 Å². The van der Waals surface area contributed by atoms with Crippen LogP contribution in [-0.4, -0.2) is 36.0 Å². The van der Waals surface area contributed by atoms with Crippen LogP contribution in [0.3, 0.4) is 0 Å². The van der Waals surface area contributed by atoms with Gasteiger partial charge in [-0.2, -0.15) is 13.2 Å². The number of amides is 2. The van der Waals surface area contributed by atoms with E-state index in [0.29, 0.717) is 9.92 Å². The van der Waals surface area contributed by atoms with Crippen LogP contribution in [0.1, 0.15) is 12.0 Å². The molecule has 22 heavy (non-hydrogen) atoms. The number of carbonyl (C=O) groups excluding carboxylic acids is 2. The molecule has 0 bridgehead atoms. The van der Waals surface area contributed by atoms with Crippen LogP contribution in [0.2, 0.25) is 5.02 Å². The van der Waals surface area contributed by atoms with E-state index in [2.05, 4.69) is 5.32 Å². The third-order valence-electron chi connectivity index (χ3n) is 3.31. The second kappa shape index (κ2) is 6.56. The van der Waals surface area contributed by atoms with Gasteiger partial charge in [-0.05, 0) is 17.7 Å². The van der Waals surface area contributed by atoms with Crippen molar-refractivity contribution in [2.24, 2.45) is 5.92 Å². The lowest BCUT2D eigenvalue weighted by atomic mass is 10.1. The van der Waals surface area contributed by atoms with Crippen molar-refractivity contribution in [3.8, 4) is 0 Å². The van der Waals surface area contributed by atoms with Crippen LogP contribution in [0.15, 0.2) is 24.3 Å². The second-order valence-corrected chi connectivity index (χ2v) is 5.57. The molecule has 0 saturated carbocycles. The Morgan fingerprint density at radius 2 is 2.14 bits per heavy atom. The maximum absolute atomic E-state index is 12.3. The number of carbonyl (C=O) groups is 2. The summed E-state index contributed by atoms with van der Waals surface area (Å²) < 4.78 is 36.9. The first-order chi connectivity index (χ1) is 10.2. The molecule has 1 aromatic carbocycles. The van der Waals surface area contributed by atoms with Crippen molar-refractivity contribution in [1.82, 2.24) is 10.2 Å². The summed E-state index contributed by atoms with van der Waals surface area (Å²) in [6, 6.07) is 6.87. The SMILES string of the molecule is O=C(NCc1cccc(Cl)c1)C1CC(=O)N(CC(F)(F)F)C1. The highest BCUT2D eigenvalue weighted by molar-refractivity contribution is 6.30. The zero-order valence-corrected chi connectivity index (χ0v) is 12.2. The standard InChI is InChI=1S/C14H14ClF3N2O2/c15-11-3-1-2-9(4-11)6-19-13(22)10-5-12(21)20(7-10)8-14(16,17)18/h1-4,10H,5-8H2,(H,19,22). The highest BCUT2D eigenvalue weighted by Crippen LogP contribution is 2.24. The molecule has 1 aliphatic heterocycles. The molecule has 0 aromatic heterocycles. The monoisotopic (exact) mass is 334 g/mol. The fourth-order valence-electron chi connectivity index (χ4n) is 2.30. The molecular weight excluding hydrogens is 321 g/mol. The fraction of sp³-hybridized carbons (Fsp3) is 0.429. The van der Waals surface area contributed by atoms with Crippen molar-refractivity contribution in [2.45, 2.75) is 19.1 Å². The van der Waals surface area contributed by atoms with Crippen molar-refractivity contribution in [3.05, 3.63) is 34.9 Å². The summed E-state index contributed by atoms with van der Waals surface area (Å²) in [4.78, 5) is 24.1. The summed E-state index contributed by atoms with van der Waals surface area (Å²) in [5, 5.41) is 3.14. The van der Waals surface area contributed by atoms with Gasteiger partial charge in [-0.15, -0.1) is 0 Å². The van der Waals surface area contributed by atoms with Crippen molar-refractivity contribution in [1.29, 1.82) is 0 Å². The molecule has 1 unspecified atom stereocenters. The fourth-order valence-corrected chi connectivity index (χ4v) is 2.51. The van der Waals surface area contributed by atoms with E-state index in [9.17, 15) is 22.8 Å². The molecule has 1 heterocycles. The van der Waals surface area contributed by atoms with Gasteiger partial charge >= 0.3 is 6.18 Å². The van der Waals surface area contributed by atoms with Gasteiger partial charge in [0.05, 0.1) is 5.92 Å². The first kappa shape index (κ1) is 16.6. The van der Waals surface area contributed by atoms with E-state index >= 15 is 0 Å². The van der Waals surface area contributed by atoms with Crippen molar-refractivity contribution in [3.63, 3.8) is 0 Å². The molecule has 0 radical (unpaired) electrons. The number of hydrogen-bond acceptors (Lipinski definition) is 2. The average Bonchev–Trinajstić information content (AvgIpc) is 2.75. The number of rotatable bonds is 4. The number of nitrogens with zero attached hydrogens (tertiary/aromatic N) is 1. The Morgan fingerprint density at radius 3 is 2.77 bits per heavy atom. The minimum absolute atomic E-state index is 0.197. The topological polar surface area (TPSA) is 49.4 Å². The number of alkyl halides is 3. The molecule has 1 saturated heterocycles. The Labute approximate surface area is 130 Å². The van der Waals surface area contributed by atoms with Crippen LogP contribution >= 0.6 is 11.6 Å². The summed E-state index contributed by atoms with van der Waals surface area (Å²) in [7, 11) is 0. The van der Waals surface area contributed by atoms with Crippen LogP contribution in [0, 0.1) is 5.92 Å². The summed E-state index contributed by atoms with van der Waals surface area (Å²) in [5.41, 5.74) is 0.775. The third-order valence-corrected chi connectivity index (χ3v) is 3.55. The lowest BCUT2D eigenvalue weighted by Crippen LogP contribution is -2.37. The summed E-state index contributed by atoms with van der Waals surface area (Å²) in [6.07, 6.45) is -4.65. The number of nitrogens with one attached hydrogen (secondary N) is 1. The molecule has 1 aromatic rings. The molecule has 0 aliphatic carbocycles. The average molecular weight is 335 g/mol. The zero-order chi connectivity index (χ0) is 16.3. The maximum atomic E-state index is 12.3. The molecule has 1 atom stereocenters. The molecule has 8 heteroatoms. The van der Waals surface area contributed by atoms with Crippen LogP contribution in [0.4, 0.5) is 13.2 Å². The van der Waals surface area contributed by atoms with E-state index < -0.39 is 30.5 Å². The van der Waals surface area contributed by atoms with Gasteiger partial charge in [-0.1, -0.05) is 23.7 Å². The second-order valence-electron chi connectivity index (χ2n) is 5.14. The minimum atomic E-state index is -4.46. The van der Waals surface area contributed by atoms with Crippen LogP contribution in [-0.2, 0) is 16.1 Å².